The van der Waals surface area contributed by atoms with Gasteiger partial charge in [-0.25, -0.2) is 0 Å². The van der Waals surface area contributed by atoms with Crippen molar-refractivity contribution in [3.8, 4) is 0 Å². The Labute approximate surface area is 185 Å². The summed E-state index contributed by atoms with van der Waals surface area (Å²) in [5, 5.41) is 3.07. The van der Waals surface area contributed by atoms with Crippen molar-refractivity contribution in [2.24, 2.45) is 0 Å². The highest BCUT2D eigenvalue weighted by molar-refractivity contribution is 5.96. The Hall–Kier alpha value is -2.70. The maximum Gasteiger partial charge on any atom is 0.284 e. The first-order valence-electron chi connectivity index (χ1n) is 11.5. The normalized spacial score (nSPS) is 19.5. The number of benzene rings is 2. The number of quaternary nitrogens is 2. The minimum Gasteiger partial charge on any atom is -0.321 e. The van der Waals surface area contributed by atoms with E-state index in [0.717, 1.165) is 49.5 Å². The van der Waals surface area contributed by atoms with E-state index in [1.165, 1.54) is 9.80 Å². The molecule has 2 aromatic rings. The third-order valence-corrected chi connectivity index (χ3v) is 6.32. The molecule has 2 amide bonds. The Morgan fingerprint density at radius 1 is 0.968 bits per heavy atom. The summed E-state index contributed by atoms with van der Waals surface area (Å²) in [6.07, 6.45) is 0.898. The van der Waals surface area contributed by atoms with Crippen molar-refractivity contribution < 1.29 is 19.4 Å². The van der Waals surface area contributed by atoms with Crippen molar-refractivity contribution in [1.29, 1.82) is 0 Å². The van der Waals surface area contributed by atoms with Gasteiger partial charge in [0.2, 0.25) is 0 Å². The summed E-state index contributed by atoms with van der Waals surface area (Å²) in [4.78, 5) is 30.1. The number of aryl methyl sites for hydroxylation is 1. The Balaban J connectivity index is 1.50. The second-order valence-electron chi connectivity index (χ2n) is 8.28. The molecule has 6 heteroatoms. The van der Waals surface area contributed by atoms with Gasteiger partial charge in [-0.1, -0.05) is 43.3 Å². The third kappa shape index (κ3) is 5.93. The van der Waals surface area contributed by atoms with Crippen molar-refractivity contribution in [2.75, 3.05) is 49.5 Å². The van der Waals surface area contributed by atoms with Gasteiger partial charge in [0.05, 0.1) is 0 Å². The average molecular weight is 425 g/mol. The molecule has 1 aliphatic rings. The van der Waals surface area contributed by atoms with Crippen LogP contribution in [0.2, 0.25) is 0 Å². The molecule has 0 radical (unpaired) electrons. The van der Waals surface area contributed by atoms with E-state index in [-0.39, 0.29) is 17.9 Å². The van der Waals surface area contributed by atoms with Gasteiger partial charge in [-0.15, -0.1) is 0 Å². The SMILES string of the molecule is CCc1ccccc1NC(=O)C[NH+]1CC[NH+]([C@H](C)C(=O)N(CC)c2ccccc2)CC1. The van der Waals surface area contributed by atoms with Crippen LogP contribution in [0.15, 0.2) is 54.6 Å². The fourth-order valence-electron chi connectivity index (χ4n) is 4.39. The van der Waals surface area contributed by atoms with Crippen LogP contribution in [-0.4, -0.2) is 57.1 Å². The summed E-state index contributed by atoms with van der Waals surface area (Å²) in [6, 6.07) is 17.8. The number of nitrogens with zero attached hydrogens (tertiary/aromatic N) is 1. The lowest BCUT2D eigenvalue weighted by Crippen LogP contribution is -3.30. The molecular weight excluding hydrogens is 388 g/mol. The number of nitrogens with one attached hydrogen (secondary N) is 3. The van der Waals surface area contributed by atoms with Crippen molar-refractivity contribution >= 4 is 23.2 Å². The largest absolute Gasteiger partial charge is 0.321 e. The predicted octanol–water partition coefficient (Wildman–Crippen LogP) is 0.413. The van der Waals surface area contributed by atoms with Crippen molar-refractivity contribution in [3.05, 3.63) is 60.2 Å². The van der Waals surface area contributed by atoms with E-state index in [1.54, 1.807) is 0 Å². The number of para-hydroxylation sites is 2. The minimum absolute atomic E-state index is 0.0599. The van der Waals surface area contributed by atoms with Gasteiger partial charge in [0, 0.05) is 17.9 Å². The van der Waals surface area contributed by atoms with Crippen LogP contribution in [0.1, 0.15) is 26.3 Å². The third-order valence-electron chi connectivity index (χ3n) is 6.32. The second kappa shape index (κ2) is 11.1. The van der Waals surface area contributed by atoms with E-state index >= 15 is 0 Å². The topological polar surface area (TPSA) is 58.3 Å². The maximum atomic E-state index is 13.1. The van der Waals surface area contributed by atoms with E-state index in [9.17, 15) is 9.59 Å². The molecule has 1 atom stereocenters. The molecule has 6 nitrogen and oxygen atoms in total. The molecule has 1 aliphatic heterocycles. The van der Waals surface area contributed by atoms with Gasteiger partial charge in [-0.2, -0.15) is 0 Å². The smallest absolute Gasteiger partial charge is 0.284 e. The fraction of sp³-hybridized carbons (Fsp3) is 0.440. The van der Waals surface area contributed by atoms with Gasteiger partial charge >= 0.3 is 0 Å². The van der Waals surface area contributed by atoms with Crippen LogP contribution in [0, 0.1) is 0 Å². The zero-order valence-corrected chi connectivity index (χ0v) is 19.0. The van der Waals surface area contributed by atoms with Gasteiger partial charge in [0.1, 0.15) is 26.2 Å². The molecule has 0 aromatic heterocycles. The summed E-state index contributed by atoms with van der Waals surface area (Å²) in [5.41, 5.74) is 3.03. The van der Waals surface area contributed by atoms with Crippen LogP contribution in [0.4, 0.5) is 11.4 Å². The van der Waals surface area contributed by atoms with Crippen LogP contribution >= 0.6 is 0 Å². The molecule has 3 rings (SSSR count). The van der Waals surface area contributed by atoms with Crippen molar-refractivity contribution in [3.63, 3.8) is 0 Å². The minimum atomic E-state index is -0.0908. The van der Waals surface area contributed by atoms with Crippen LogP contribution < -0.4 is 20.0 Å². The summed E-state index contributed by atoms with van der Waals surface area (Å²) >= 11 is 0. The number of piperazine rings is 1. The number of rotatable bonds is 8. The standard InChI is InChI=1S/C25H34N4O2/c1-4-21-11-9-10-14-23(21)26-24(30)19-27-15-17-28(18-16-27)20(3)25(31)29(5-2)22-12-7-6-8-13-22/h6-14,20H,4-5,15-19H2,1-3H3,(H,26,30)/p+2/t20-/m1/s1. The average Bonchev–Trinajstić information content (AvgIpc) is 2.80. The first kappa shape index (κ1) is 23.0. The summed E-state index contributed by atoms with van der Waals surface area (Å²) in [7, 11) is 0. The number of amides is 2. The summed E-state index contributed by atoms with van der Waals surface area (Å²) in [5.74, 6) is 0.228. The lowest BCUT2D eigenvalue weighted by molar-refractivity contribution is -1.01. The summed E-state index contributed by atoms with van der Waals surface area (Å²) in [6.45, 7) is 10.9. The Kier molecular flexibility index (Phi) is 8.20. The van der Waals surface area contributed by atoms with Gasteiger partial charge in [-0.3, -0.25) is 9.59 Å². The van der Waals surface area contributed by atoms with E-state index < -0.39 is 0 Å². The number of carbonyl (C=O) groups excluding carboxylic acids is 2. The van der Waals surface area contributed by atoms with Crippen molar-refractivity contribution in [2.45, 2.75) is 33.2 Å². The Morgan fingerprint density at radius 2 is 1.61 bits per heavy atom. The van der Waals surface area contributed by atoms with E-state index in [4.69, 9.17) is 0 Å². The zero-order valence-electron chi connectivity index (χ0n) is 19.0. The summed E-state index contributed by atoms with van der Waals surface area (Å²) < 4.78 is 0. The highest BCUT2D eigenvalue weighted by Crippen LogP contribution is 2.15. The molecule has 1 saturated heterocycles. The molecule has 2 aromatic carbocycles. The molecule has 0 aliphatic carbocycles. The highest BCUT2D eigenvalue weighted by atomic mass is 16.2. The lowest BCUT2D eigenvalue weighted by Gasteiger charge is -2.34. The lowest BCUT2D eigenvalue weighted by atomic mass is 10.1. The van der Waals surface area contributed by atoms with E-state index in [2.05, 4.69) is 18.3 Å². The maximum absolute atomic E-state index is 13.1. The quantitative estimate of drug-likeness (QED) is 0.575. The molecule has 0 saturated carbocycles. The number of carbonyl (C=O) groups is 2. The van der Waals surface area contributed by atoms with Crippen molar-refractivity contribution in [1.82, 2.24) is 0 Å². The number of anilines is 2. The molecule has 31 heavy (non-hydrogen) atoms. The Bertz CT molecular complexity index is 863. The molecule has 0 unspecified atom stereocenters. The molecule has 166 valence electrons. The molecule has 1 fully saturated rings. The second-order valence-corrected chi connectivity index (χ2v) is 8.28. The highest BCUT2D eigenvalue weighted by Gasteiger charge is 2.34. The number of hydrogen-bond donors (Lipinski definition) is 3. The predicted molar refractivity (Wildman–Crippen MR) is 125 cm³/mol. The molecular formula is C25H36N4O2+2. The zero-order chi connectivity index (χ0) is 22.2. The van der Waals surface area contributed by atoms with Crippen LogP contribution in [0.5, 0.6) is 0 Å². The van der Waals surface area contributed by atoms with Gasteiger partial charge in [0.15, 0.2) is 12.6 Å². The Morgan fingerprint density at radius 3 is 2.26 bits per heavy atom. The van der Waals surface area contributed by atoms with Crippen LogP contribution in [0.25, 0.3) is 0 Å². The van der Waals surface area contributed by atoms with Crippen LogP contribution in [0.3, 0.4) is 0 Å². The molecule has 0 spiro atoms. The van der Waals surface area contributed by atoms with E-state index in [1.807, 2.05) is 67.3 Å². The monoisotopic (exact) mass is 424 g/mol. The van der Waals surface area contributed by atoms with E-state index in [0.29, 0.717) is 13.1 Å². The molecule has 1 heterocycles. The van der Waals surface area contributed by atoms with Crippen LogP contribution in [-0.2, 0) is 16.0 Å². The molecule has 0 bridgehead atoms. The first-order valence-corrected chi connectivity index (χ1v) is 11.5. The fourth-order valence-corrected chi connectivity index (χ4v) is 4.39. The number of likely N-dealkylation sites (N-methyl/N-ethyl adjacent to an activating group) is 1. The van der Waals surface area contributed by atoms with Gasteiger partial charge in [-0.05, 0) is 44.0 Å². The number of hydrogen-bond acceptors (Lipinski definition) is 2. The van der Waals surface area contributed by atoms with Gasteiger partial charge < -0.3 is 20.0 Å². The van der Waals surface area contributed by atoms with Gasteiger partial charge in [0.25, 0.3) is 11.8 Å². The first-order chi connectivity index (χ1) is 15.0. The molecule has 3 N–H and O–H groups in total.